The molecule has 0 aromatic heterocycles. The summed E-state index contributed by atoms with van der Waals surface area (Å²) in [4.78, 5) is 10.2. The van der Waals surface area contributed by atoms with Crippen molar-refractivity contribution in [2.75, 3.05) is 7.05 Å². The summed E-state index contributed by atoms with van der Waals surface area (Å²) in [5.41, 5.74) is 2.00. The van der Waals surface area contributed by atoms with Gasteiger partial charge in [-0.25, -0.2) is 0 Å². The molecule has 0 bridgehead atoms. The van der Waals surface area contributed by atoms with Crippen LogP contribution in [0.1, 0.15) is 11.1 Å². The molecular formula is C15H15ClN2O3. The van der Waals surface area contributed by atoms with Gasteiger partial charge in [0.2, 0.25) is 0 Å². The second-order valence-corrected chi connectivity index (χ2v) is 5.02. The third-order valence-corrected chi connectivity index (χ3v) is 3.23. The maximum absolute atomic E-state index is 10.7. The lowest BCUT2D eigenvalue weighted by Gasteiger charge is -2.12. The van der Waals surface area contributed by atoms with Gasteiger partial charge in [-0.1, -0.05) is 29.3 Å². The Labute approximate surface area is 127 Å². The van der Waals surface area contributed by atoms with E-state index in [1.54, 1.807) is 0 Å². The normalized spacial score (nSPS) is 10.4. The molecule has 0 heterocycles. The Morgan fingerprint density at radius 2 is 2.05 bits per heavy atom. The van der Waals surface area contributed by atoms with E-state index in [0.717, 1.165) is 11.1 Å². The molecule has 0 aliphatic rings. The van der Waals surface area contributed by atoms with E-state index in [1.807, 2.05) is 32.2 Å². The minimum atomic E-state index is -0.523. The molecule has 5 nitrogen and oxygen atoms in total. The summed E-state index contributed by atoms with van der Waals surface area (Å²) in [6, 6.07) is 10.2. The number of rotatable bonds is 5. The number of benzene rings is 2. The van der Waals surface area contributed by atoms with E-state index in [4.69, 9.17) is 16.3 Å². The fourth-order valence-corrected chi connectivity index (χ4v) is 2.20. The third-order valence-electron chi connectivity index (χ3n) is 2.93. The molecule has 0 saturated heterocycles. The first-order valence-electron chi connectivity index (χ1n) is 6.37. The molecule has 2 aromatic carbocycles. The summed E-state index contributed by atoms with van der Waals surface area (Å²) in [7, 11) is 1.86. The molecule has 0 radical (unpaired) electrons. The van der Waals surface area contributed by atoms with E-state index < -0.39 is 4.92 Å². The van der Waals surface area contributed by atoms with Crippen molar-refractivity contribution in [2.24, 2.45) is 0 Å². The summed E-state index contributed by atoms with van der Waals surface area (Å²) in [6.07, 6.45) is 0. The van der Waals surface area contributed by atoms with E-state index in [-0.39, 0.29) is 10.7 Å². The summed E-state index contributed by atoms with van der Waals surface area (Å²) in [6.45, 7) is 2.67. The molecule has 0 saturated carbocycles. The lowest BCUT2D eigenvalue weighted by atomic mass is 10.1. The van der Waals surface area contributed by atoms with Crippen molar-refractivity contribution in [1.82, 2.24) is 5.32 Å². The quantitative estimate of drug-likeness (QED) is 0.668. The molecule has 0 atom stereocenters. The number of nitrogens with one attached hydrogen (secondary N) is 1. The van der Waals surface area contributed by atoms with Gasteiger partial charge in [-0.05, 0) is 26.1 Å². The van der Waals surface area contributed by atoms with Crippen LogP contribution in [-0.4, -0.2) is 12.0 Å². The van der Waals surface area contributed by atoms with Crippen LogP contribution in [0.4, 0.5) is 5.69 Å². The fraction of sp³-hybridized carbons (Fsp3) is 0.200. The summed E-state index contributed by atoms with van der Waals surface area (Å²) >= 11 is 5.88. The maximum atomic E-state index is 10.7. The highest BCUT2D eigenvalue weighted by atomic mass is 35.5. The predicted octanol–water partition coefficient (Wildman–Crippen LogP) is 4.07. The molecule has 1 N–H and O–H groups in total. The van der Waals surface area contributed by atoms with Gasteiger partial charge in [-0.15, -0.1) is 0 Å². The van der Waals surface area contributed by atoms with Gasteiger partial charge < -0.3 is 10.1 Å². The summed E-state index contributed by atoms with van der Waals surface area (Å²) < 4.78 is 5.79. The second kappa shape index (κ2) is 6.56. The number of aryl methyl sites for hydroxylation is 1. The minimum absolute atomic E-state index is 0.0554. The van der Waals surface area contributed by atoms with Crippen LogP contribution in [-0.2, 0) is 6.54 Å². The van der Waals surface area contributed by atoms with Crippen molar-refractivity contribution < 1.29 is 9.66 Å². The Morgan fingerprint density at radius 1 is 1.29 bits per heavy atom. The summed E-state index contributed by atoms with van der Waals surface area (Å²) in [5.74, 6) is 1.16. The predicted molar refractivity (Wildman–Crippen MR) is 82.1 cm³/mol. The van der Waals surface area contributed by atoms with E-state index in [9.17, 15) is 10.1 Å². The van der Waals surface area contributed by atoms with E-state index in [1.165, 1.54) is 18.2 Å². The van der Waals surface area contributed by atoms with Crippen LogP contribution >= 0.6 is 11.6 Å². The molecule has 6 heteroatoms. The molecule has 2 rings (SSSR count). The van der Waals surface area contributed by atoms with Crippen LogP contribution < -0.4 is 10.1 Å². The van der Waals surface area contributed by atoms with Gasteiger partial charge in [0.1, 0.15) is 16.5 Å². The molecule has 110 valence electrons. The van der Waals surface area contributed by atoms with Crippen molar-refractivity contribution in [3.63, 3.8) is 0 Å². The lowest BCUT2D eigenvalue weighted by Crippen LogP contribution is -2.06. The zero-order valence-corrected chi connectivity index (χ0v) is 12.5. The largest absolute Gasteiger partial charge is 0.457 e. The SMILES string of the molecule is CNCc1cc(C)ccc1Oc1ccc([N+](=O)[O-])c(Cl)c1. The highest BCUT2D eigenvalue weighted by Crippen LogP contribution is 2.32. The Kier molecular flexibility index (Phi) is 4.77. The van der Waals surface area contributed by atoms with Gasteiger partial charge in [0, 0.05) is 24.2 Å². The number of halogens is 1. The third kappa shape index (κ3) is 3.71. The topological polar surface area (TPSA) is 64.4 Å². The van der Waals surface area contributed by atoms with Gasteiger partial charge in [0.05, 0.1) is 4.92 Å². The first-order valence-corrected chi connectivity index (χ1v) is 6.75. The first kappa shape index (κ1) is 15.3. The van der Waals surface area contributed by atoms with Gasteiger partial charge in [-0.3, -0.25) is 10.1 Å². The van der Waals surface area contributed by atoms with Crippen molar-refractivity contribution in [3.05, 3.63) is 62.7 Å². The molecular weight excluding hydrogens is 292 g/mol. The molecule has 0 aliphatic carbocycles. The highest BCUT2D eigenvalue weighted by Gasteiger charge is 2.13. The Bertz CT molecular complexity index is 674. The number of nitro groups is 1. The van der Waals surface area contributed by atoms with Crippen LogP contribution in [0.25, 0.3) is 0 Å². The average molecular weight is 307 g/mol. The number of hydrogen-bond acceptors (Lipinski definition) is 4. The van der Waals surface area contributed by atoms with Crippen LogP contribution in [0.5, 0.6) is 11.5 Å². The second-order valence-electron chi connectivity index (χ2n) is 4.61. The minimum Gasteiger partial charge on any atom is -0.457 e. The molecule has 2 aromatic rings. The van der Waals surface area contributed by atoms with Crippen molar-refractivity contribution in [2.45, 2.75) is 13.5 Å². The maximum Gasteiger partial charge on any atom is 0.288 e. The number of ether oxygens (including phenoxy) is 1. The molecule has 0 amide bonds. The zero-order valence-electron chi connectivity index (χ0n) is 11.7. The van der Waals surface area contributed by atoms with Crippen LogP contribution in [0, 0.1) is 17.0 Å². The van der Waals surface area contributed by atoms with Gasteiger partial charge in [0.25, 0.3) is 5.69 Å². The molecule has 0 unspecified atom stereocenters. The van der Waals surface area contributed by atoms with Crippen LogP contribution in [0.2, 0.25) is 5.02 Å². The van der Waals surface area contributed by atoms with Gasteiger partial charge in [-0.2, -0.15) is 0 Å². The Hall–Kier alpha value is -2.11. The van der Waals surface area contributed by atoms with Gasteiger partial charge >= 0.3 is 0 Å². The summed E-state index contributed by atoms with van der Waals surface area (Å²) in [5, 5.41) is 13.9. The number of hydrogen-bond donors (Lipinski definition) is 1. The van der Waals surface area contributed by atoms with Crippen LogP contribution in [0.15, 0.2) is 36.4 Å². The van der Waals surface area contributed by atoms with E-state index in [0.29, 0.717) is 18.0 Å². The van der Waals surface area contributed by atoms with Crippen LogP contribution in [0.3, 0.4) is 0 Å². The number of nitro benzene ring substituents is 1. The fourth-order valence-electron chi connectivity index (χ4n) is 1.96. The zero-order chi connectivity index (χ0) is 15.4. The van der Waals surface area contributed by atoms with Gasteiger partial charge in [0.15, 0.2) is 0 Å². The molecule has 0 aliphatic heterocycles. The van der Waals surface area contributed by atoms with E-state index >= 15 is 0 Å². The Balaban J connectivity index is 2.30. The van der Waals surface area contributed by atoms with Crippen molar-refractivity contribution in [3.8, 4) is 11.5 Å². The lowest BCUT2D eigenvalue weighted by molar-refractivity contribution is -0.384. The van der Waals surface area contributed by atoms with Crippen molar-refractivity contribution in [1.29, 1.82) is 0 Å². The Morgan fingerprint density at radius 3 is 2.67 bits per heavy atom. The molecule has 0 fully saturated rings. The smallest absolute Gasteiger partial charge is 0.288 e. The number of nitrogens with zero attached hydrogens (tertiary/aromatic N) is 1. The molecule has 21 heavy (non-hydrogen) atoms. The van der Waals surface area contributed by atoms with Crippen molar-refractivity contribution >= 4 is 17.3 Å². The highest BCUT2D eigenvalue weighted by molar-refractivity contribution is 6.32. The average Bonchev–Trinajstić information content (AvgIpc) is 2.42. The first-order chi connectivity index (χ1) is 10.0. The monoisotopic (exact) mass is 306 g/mol. The van der Waals surface area contributed by atoms with E-state index in [2.05, 4.69) is 5.32 Å². The standard InChI is InChI=1S/C15H15ClN2O3/c1-10-3-6-15(11(7-10)9-17-2)21-12-4-5-14(18(19)20)13(16)8-12/h3-8,17H,9H2,1-2H3. The molecule has 0 spiro atoms.